The van der Waals surface area contributed by atoms with Crippen LogP contribution in [0.1, 0.15) is 34.4 Å². The number of benzene rings is 2. The standard InChI is InChI=1S/C24H19NS/c1-2-8-15(9-3-1)21-19-14-16-10-4-5-11-17(16)23(19)25-24-22(21)18-12-6-7-13-20(18)26-24/h1-5,8-11H,6-7,12-14H2. The zero-order chi connectivity index (χ0) is 17.1. The van der Waals surface area contributed by atoms with E-state index in [1.807, 2.05) is 11.3 Å². The summed E-state index contributed by atoms with van der Waals surface area (Å²) in [6.45, 7) is 0. The van der Waals surface area contributed by atoms with E-state index in [-0.39, 0.29) is 0 Å². The molecule has 26 heavy (non-hydrogen) atoms. The van der Waals surface area contributed by atoms with Gasteiger partial charge in [0.1, 0.15) is 4.83 Å². The summed E-state index contributed by atoms with van der Waals surface area (Å²) in [7, 11) is 0. The Morgan fingerprint density at radius 2 is 1.62 bits per heavy atom. The van der Waals surface area contributed by atoms with Crippen molar-refractivity contribution in [2.75, 3.05) is 0 Å². The summed E-state index contributed by atoms with van der Waals surface area (Å²) in [6.07, 6.45) is 6.07. The van der Waals surface area contributed by atoms with Crippen molar-refractivity contribution in [1.82, 2.24) is 4.98 Å². The molecule has 2 heteroatoms. The molecule has 0 saturated heterocycles. The van der Waals surface area contributed by atoms with Gasteiger partial charge in [-0.1, -0.05) is 54.6 Å². The molecule has 2 aliphatic carbocycles. The van der Waals surface area contributed by atoms with Crippen LogP contribution >= 0.6 is 11.3 Å². The summed E-state index contributed by atoms with van der Waals surface area (Å²) >= 11 is 1.94. The molecule has 2 aromatic heterocycles. The Morgan fingerprint density at radius 1 is 0.808 bits per heavy atom. The zero-order valence-corrected chi connectivity index (χ0v) is 15.4. The van der Waals surface area contributed by atoms with Crippen LogP contribution in [0.3, 0.4) is 0 Å². The van der Waals surface area contributed by atoms with Crippen molar-refractivity contribution in [3.8, 4) is 22.4 Å². The molecule has 0 aliphatic heterocycles. The number of nitrogens with zero attached hydrogens (tertiary/aromatic N) is 1. The molecule has 0 spiro atoms. The Labute approximate surface area is 157 Å². The minimum Gasteiger partial charge on any atom is -0.237 e. The third kappa shape index (κ3) is 1.99. The first kappa shape index (κ1) is 14.7. The Kier molecular flexibility index (Phi) is 3.12. The molecular formula is C24H19NS. The highest BCUT2D eigenvalue weighted by molar-refractivity contribution is 7.19. The number of hydrogen-bond donors (Lipinski definition) is 0. The van der Waals surface area contributed by atoms with Crippen molar-refractivity contribution >= 4 is 21.6 Å². The minimum absolute atomic E-state index is 1.00. The van der Waals surface area contributed by atoms with Crippen LogP contribution in [0, 0.1) is 0 Å². The topological polar surface area (TPSA) is 12.9 Å². The van der Waals surface area contributed by atoms with Gasteiger partial charge in [-0.2, -0.15) is 0 Å². The van der Waals surface area contributed by atoms with Gasteiger partial charge in [0, 0.05) is 22.2 Å². The molecule has 0 amide bonds. The fourth-order valence-corrected chi connectivity index (χ4v) is 6.01. The molecule has 0 fully saturated rings. The first-order chi connectivity index (χ1) is 12.9. The maximum atomic E-state index is 5.21. The smallest absolute Gasteiger partial charge is 0.125 e. The van der Waals surface area contributed by atoms with Gasteiger partial charge in [0.2, 0.25) is 0 Å². The summed E-state index contributed by atoms with van der Waals surface area (Å²) in [5.41, 5.74) is 9.76. The van der Waals surface area contributed by atoms with E-state index in [1.54, 1.807) is 10.4 Å². The normalized spacial score (nSPS) is 14.9. The average molecular weight is 353 g/mol. The summed E-state index contributed by atoms with van der Waals surface area (Å²) in [5, 5.41) is 1.45. The lowest BCUT2D eigenvalue weighted by molar-refractivity contribution is 0.700. The fourth-order valence-electron chi connectivity index (χ4n) is 4.74. The second-order valence-electron chi connectivity index (χ2n) is 7.40. The number of aromatic nitrogens is 1. The van der Waals surface area contributed by atoms with Gasteiger partial charge in [-0.3, -0.25) is 0 Å². The van der Waals surface area contributed by atoms with Crippen LogP contribution in [0.4, 0.5) is 0 Å². The van der Waals surface area contributed by atoms with Gasteiger partial charge < -0.3 is 0 Å². The second-order valence-corrected chi connectivity index (χ2v) is 8.49. The lowest BCUT2D eigenvalue weighted by atomic mass is 9.90. The van der Waals surface area contributed by atoms with Crippen molar-refractivity contribution in [1.29, 1.82) is 0 Å². The van der Waals surface area contributed by atoms with Crippen LogP contribution in [0.25, 0.3) is 32.6 Å². The molecule has 0 unspecified atom stereocenters. The van der Waals surface area contributed by atoms with E-state index in [4.69, 9.17) is 4.98 Å². The first-order valence-electron chi connectivity index (χ1n) is 9.51. The number of hydrogen-bond acceptors (Lipinski definition) is 2. The van der Waals surface area contributed by atoms with Crippen molar-refractivity contribution in [2.24, 2.45) is 0 Å². The Balaban J connectivity index is 1.75. The minimum atomic E-state index is 1.00. The molecule has 0 atom stereocenters. The maximum Gasteiger partial charge on any atom is 0.125 e. The SMILES string of the molecule is c1ccc(-c2c3c(nc4sc5c(c24)CCCC5)-c2ccccc2C3)cc1. The summed E-state index contributed by atoms with van der Waals surface area (Å²) < 4.78 is 0. The highest BCUT2D eigenvalue weighted by Crippen LogP contribution is 2.48. The second kappa shape index (κ2) is 5.52. The molecule has 2 aliphatic rings. The quantitative estimate of drug-likeness (QED) is 0.339. The molecule has 126 valence electrons. The van der Waals surface area contributed by atoms with Crippen LogP contribution in [0.2, 0.25) is 0 Å². The van der Waals surface area contributed by atoms with E-state index in [0.29, 0.717) is 0 Å². The summed E-state index contributed by atoms with van der Waals surface area (Å²) in [4.78, 5) is 8.03. The van der Waals surface area contributed by atoms with Gasteiger partial charge in [-0.15, -0.1) is 11.3 Å². The van der Waals surface area contributed by atoms with Gasteiger partial charge in [-0.05, 0) is 53.5 Å². The molecule has 0 saturated carbocycles. The highest BCUT2D eigenvalue weighted by atomic mass is 32.1. The molecule has 6 rings (SSSR count). The van der Waals surface area contributed by atoms with E-state index in [9.17, 15) is 0 Å². The van der Waals surface area contributed by atoms with E-state index >= 15 is 0 Å². The third-order valence-corrected chi connectivity index (χ3v) is 7.09. The van der Waals surface area contributed by atoms with Crippen molar-refractivity contribution < 1.29 is 0 Å². The predicted molar refractivity (Wildman–Crippen MR) is 110 cm³/mol. The van der Waals surface area contributed by atoms with Crippen LogP contribution < -0.4 is 0 Å². The molecule has 2 heterocycles. The molecule has 2 aromatic carbocycles. The number of aryl methyl sites for hydroxylation is 2. The lowest BCUT2D eigenvalue weighted by Crippen LogP contribution is -2.00. The van der Waals surface area contributed by atoms with Crippen LogP contribution in [0.5, 0.6) is 0 Å². The molecular weight excluding hydrogens is 334 g/mol. The number of rotatable bonds is 1. The van der Waals surface area contributed by atoms with Gasteiger partial charge in [0.15, 0.2) is 0 Å². The third-order valence-electron chi connectivity index (χ3n) is 5.91. The van der Waals surface area contributed by atoms with Gasteiger partial charge >= 0.3 is 0 Å². The van der Waals surface area contributed by atoms with Crippen molar-refractivity contribution in [3.05, 3.63) is 76.2 Å². The average Bonchev–Trinajstić information content (AvgIpc) is 3.25. The van der Waals surface area contributed by atoms with Gasteiger partial charge in [-0.25, -0.2) is 4.98 Å². The molecule has 0 bridgehead atoms. The summed E-state index contributed by atoms with van der Waals surface area (Å²) in [6, 6.07) is 19.8. The van der Waals surface area contributed by atoms with E-state index in [2.05, 4.69) is 54.6 Å². The first-order valence-corrected chi connectivity index (χ1v) is 10.3. The zero-order valence-electron chi connectivity index (χ0n) is 14.6. The van der Waals surface area contributed by atoms with Crippen LogP contribution in [-0.4, -0.2) is 4.98 Å². The largest absolute Gasteiger partial charge is 0.237 e. The van der Waals surface area contributed by atoms with Crippen molar-refractivity contribution in [2.45, 2.75) is 32.1 Å². The van der Waals surface area contributed by atoms with E-state index in [1.165, 1.54) is 69.4 Å². The van der Waals surface area contributed by atoms with Gasteiger partial charge in [0.05, 0.1) is 5.69 Å². The predicted octanol–water partition coefficient (Wildman–Crippen LogP) is 6.41. The molecule has 1 nitrogen and oxygen atoms in total. The van der Waals surface area contributed by atoms with Crippen LogP contribution in [-0.2, 0) is 19.3 Å². The Morgan fingerprint density at radius 3 is 2.54 bits per heavy atom. The van der Waals surface area contributed by atoms with Crippen LogP contribution in [0.15, 0.2) is 54.6 Å². The highest BCUT2D eigenvalue weighted by Gasteiger charge is 2.28. The lowest BCUT2D eigenvalue weighted by Gasteiger charge is -2.15. The Bertz CT molecular complexity index is 1150. The summed E-state index contributed by atoms with van der Waals surface area (Å²) in [5.74, 6) is 0. The number of thiophene rings is 1. The molecule has 0 radical (unpaired) electrons. The maximum absolute atomic E-state index is 5.21. The number of fused-ring (bicyclic) bond motifs is 6. The monoisotopic (exact) mass is 353 g/mol. The van der Waals surface area contributed by atoms with E-state index < -0.39 is 0 Å². The van der Waals surface area contributed by atoms with Gasteiger partial charge in [0.25, 0.3) is 0 Å². The fraction of sp³-hybridized carbons (Fsp3) is 0.208. The van der Waals surface area contributed by atoms with E-state index in [0.717, 1.165) is 6.42 Å². The van der Waals surface area contributed by atoms with Crippen molar-refractivity contribution in [3.63, 3.8) is 0 Å². The molecule has 4 aromatic rings. The Hall–Kier alpha value is -2.45. The molecule has 0 N–H and O–H groups in total. The number of pyridine rings is 1.